The molecule has 0 bridgehead atoms. The van der Waals surface area contributed by atoms with Gasteiger partial charge in [-0.1, -0.05) is 26.7 Å². The quantitative estimate of drug-likeness (QED) is 0.577. The summed E-state index contributed by atoms with van der Waals surface area (Å²) in [4.78, 5) is 0. The molecule has 0 atom stereocenters. The van der Waals surface area contributed by atoms with Gasteiger partial charge in [0.2, 0.25) is 10.0 Å². The largest absolute Gasteiger partial charge is 0.317 e. The van der Waals surface area contributed by atoms with Crippen molar-refractivity contribution in [1.82, 2.24) is 10.0 Å². The molecule has 0 aliphatic heterocycles. The lowest BCUT2D eigenvalue weighted by Crippen LogP contribution is -2.36. The molecule has 1 saturated carbocycles. The van der Waals surface area contributed by atoms with Gasteiger partial charge in [0.1, 0.15) is 0 Å². The van der Waals surface area contributed by atoms with E-state index < -0.39 is 10.0 Å². The van der Waals surface area contributed by atoms with Crippen molar-refractivity contribution in [2.45, 2.75) is 65.2 Å². The van der Waals surface area contributed by atoms with Crippen molar-refractivity contribution in [3.63, 3.8) is 0 Å². The van der Waals surface area contributed by atoms with Gasteiger partial charge in [-0.05, 0) is 57.0 Å². The Morgan fingerprint density at radius 3 is 2.35 bits per heavy atom. The second-order valence-electron chi connectivity index (χ2n) is 6.16. The van der Waals surface area contributed by atoms with Crippen LogP contribution in [-0.4, -0.2) is 33.8 Å². The van der Waals surface area contributed by atoms with Gasteiger partial charge in [-0.3, -0.25) is 0 Å². The normalized spacial score (nSPS) is 18.5. The van der Waals surface area contributed by atoms with Crippen LogP contribution in [0.4, 0.5) is 0 Å². The van der Waals surface area contributed by atoms with Crippen LogP contribution in [0.5, 0.6) is 0 Å². The standard InChI is InChI=1S/C15H32N2O2S/c1-3-11-16-12-7-8-13-20(18,19)17-14-15(4-2)9-5-6-10-15/h16-17H,3-14H2,1-2H3. The van der Waals surface area contributed by atoms with Gasteiger partial charge in [0.15, 0.2) is 0 Å². The summed E-state index contributed by atoms with van der Waals surface area (Å²) < 4.78 is 26.9. The molecule has 0 aromatic heterocycles. The molecule has 1 rings (SSSR count). The summed E-state index contributed by atoms with van der Waals surface area (Å²) in [5.41, 5.74) is 0.232. The fourth-order valence-corrected chi connectivity index (χ4v) is 4.21. The van der Waals surface area contributed by atoms with Gasteiger partial charge in [-0.15, -0.1) is 0 Å². The fourth-order valence-electron chi connectivity index (χ4n) is 2.96. The van der Waals surface area contributed by atoms with Crippen LogP contribution in [-0.2, 0) is 10.0 Å². The molecule has 0 radical (unpaired) electrons. The second kappa shape index (κ2) is 9.00. The first kappa shape index (κ1) is 17.9. The zero-order valence-electron chi connectivity index (χ0n) is 13.2. The predicted molar refractivity (Wildman–Crippen MR) is 85.4 cm³/mol. The maximum Gasteiger partial charge on any atom is 0.211 e. The van der Waals surface area contributed by atoms with Crippen molar-refractivity contribution in [1.29, 1.82) is 0 Å². The number of rotatable bonds is 11. The summed E-state index contributed by atoms with van der Waals surface area (Å²) in [6, 6.07) is 0. The van der Waals surface area contributed by atoms with Crippen LogP contribution in [0.25, 0.3) is 0 Å². The predicted octanol–water partition coefficient (Wildman–Crippen LogP) is 2.66. The average molecular weight is 305 g/mol. The topological polar surface area (TPSA) is 58.2 Å². The van der Waals surface area contributed by atoms with Crippen LogP contribution in [0.3, 0.4) is 0 Å². The van der Waals surface area contributed by atoms with Crippen molar-refractivity contribution >= 4 is 10.0 Å². The first-order valence-electron chi connectivity index (χ1n) is 8.22. The van der Waals surface area contributed by atoms with E-state index in [2.05, 4.69) is 23.9 Å². The molecule has 0 spiro atoms. The van der Waals surface area contributed by atoms with E-state index in [4.69, 9.17) is 0 Å². The van der Waals surface area contributed by atoms with Gasteiger partial charge in [-0.2, -0.15) is 0 Å². The lowest BCUT2D eigenvalue weighted by Gasteiger charge is -2.27. The van der Waals surface area contributed by atoms with E-state index >= 15 is 0 Å². The number of sulfonamides is 1. The van der Waals surface area contributed by atoms with E-state index in [0.29, 0.717) is 6.54 Å². The summed E-state index contributed by atoms with van der Waals surface area (Å²) in [6.45, 7) is 6.89. The molecule has 0 amide bonds. The molecular weight excluding hydrogens is 272 g/mol. The summed E-state index contributed by atoms with van der Waals surface area (Å²) in [5, 5.41) is 3.30. The van der Waals surface area contributed by atoms with E-state index in [1.54, 1.807) is 0 Å². The van der Waals surface area contributed by atoms with Crippen LogP contribution in [0.15, 0.2) is 0 Å². The van der Waals surface area contributed by atoms with Gasteiger partial charge in [0, 0.05) is 6.54 Å². The molecule has 5 heteroatoms. The van der Waals surface area contributed by atoms with E-state index in [9.17, 15) is 8.42 Å². The maximum atomic E-state index is 12.0. The highest BCUT2D eigenvalue weighted by atomic mass is 32.2. The van der Waals surface area contributed by atoms with E-state index in [0.717, 1.165) is 38.8 Å². The summed E-state index contributed by atoms with van der Waals surface area (Å²) in [5.74, 6) is 0.264. The Hall–Kier alpha value is -0.130. The maximum absolute atomic E-state index is 12.0. The number of hydrogen-bond acceptors (Lipinski definition) is 3. The van der Waals surface area contributed by atoms with Crippen LogP contribution in [0.2, 0.25) is 0 Å². The monoisotopic (exact) mass is 304 g/mol. The van der Waals surface area contributed by atoms with Crippen molar-refractivity contribution in [2.75, 3.05) is 25.4 Å². The Morgan fingerprint density at radius 1 is 1.05 bits per heavy atom. The van der Waals surface area contributed by atoms with Gasteiger partial charge >= 0.3 is 0 Å². The van der Waals surface area contributed by atoms with Crippen molar-refractivity contribution in [3.05, 3.63) is 0 Å². The van der Waals surface area contributed by atoms with Crippen LogP contribution >= 0.6 is 0 Å². The minimum atomic E-state index is -3.09. The van der Waals surface area contributed by atoms with Crippen LogP contribution in [0, 0.1) is 5.41 Å². The molecule has 2 N–H and O–H groups in total. The van der Waals surface area contributed by atoms with Crippen LogP contribution in [0.1, 0.15) is 65.2 Å². The molecule has 1 fully saturated rings. The first-order chi connectivity index (χ1) is 9.54. The SMILES string of the molecule is CCCNCCCCS(=O)(=O)NCC1(CC)CCCC1. The molecule has 0 saturated heterocycles. The molecule has 1 aliphatic rings. The molecule has 0 unspecified atom stereocenters. The molecule has 120 valence electrons. The average Bonchev–Trinajstić information content (AvgIpc) is 2.90. The molecular formula is C15H32N2O2S. The highest BCUT2D eigenvalue weighted by molar-refractivity contribution is 7.89. The summed E-state index contributed by atoms with van der Waals surface area (Å²) in [6.07, 6.45) is 8.72. The summed E-state index contributed by atoms with van der Waals surface area (Å²) in [7, 11) is -3.09. The zero-order chi connectivity index (χ0) is 14.9. The van der Waals surface area contributed by atoms with Gasteiger partial charge in [0.05, 0.1) is 5.75 Å². The third kappa shape index (κ3) is 6.55. The fraction of sp³-hybridized carbons (Fsp3) is 1.00. The lowest BCUT2D eigenvalue weighted by atomic mass is 9.84. The Labute approximate surface area is 125 Å². The minimum Gasteiger partial charge on any atom is -0.317 e. The summed E-state index contributed by atoms with van der Waals surface area (Å²) >= 11 is 0. The molecule has 4 nitrogen and oxygen atoms in total. The number of nitrogens with one attached hydrogen (secondary N) is 2. The number of hydrogen-bond donors (Lipinski definition) is 2. The van der Waals surface area contributed by atoms with Crippen molar-refractivity contribution in [2.24, 2.45) is 5.41 Å². The second-order valence-corrected chi connectivity index (χ2v) is 8.08. The highest BCUT2D eigenvalue weighted by Crippen LogP contribution is 2.40. The first-order valence-corrected chi connectivity index (χ1v) is 9.87. The lowest BCUT2D eigenvalue weighted by molar-refractivity contribution is 0.285. The Balaban J connectivity index is 2.20. The smallest absolute Gasteiger partial charge is 0.211 e. The van der Waals surface area contributed by atoms with Crippen LogP contribution < -0.4 is 10.0 Å². The zero-order valence-corrected chi connectivity index (χ0v) is 14.0. The molecule has 0 heterocycles. The third-order valence-corrected chi connectivity index (χ3v) is 5.93. The molecule has 20 heavy (non-hydrogen) atoms. The highest BCUT2D eigenvalue weighted by Gasteiger charge is 2.32. The Morgan fingerprint density at radius 2 is 1.75 bits per heavy atom. The molecule has 0 aromatic carbocycles. The van der Waals surface area contributed by atoms with E-state index in [1.165, 1.54) is 25.7 Å². The van der Waals surface area contributed by atoms with Gasteiger partial charge in [-0.25, -0.2) is 13.1 Å². The van der Waals surface area contributed by atoms with Gasteiger partial charge < -0.3 is 5.32 Å². The third-order valence-electron chi connectivity index (χ3n) is 4.52. The Kier molecular flexibility index (Phi) is 8.07. The van der Waals surface area contributed by atoms with E-state index in [1.807, 2.05) is 0 Å². The molecule has 1 aliphatic carbocycles. The van der Waals surface area contributed by atoms with E-state index in [-0.39, 0.29) is 11.2 Å². The van der Waals surface area contributed by atoms with Gasteiger partial charge in [0.25, 0.3) is 0 Å². The minimum absolute atomic E-state index is 0.232. The van der Waals surface area contributed by atoms with Crippen molar-refractivity contribution < 1.29 is 8.42 Å². The molecule has 0 aromatic rings. The Bertz CT molecular complexity index is 349. The number of unbranched alkanes of at least 4 members (excludes halogenated alkanes) is 1. The van der Waals surface area contributed by atoms with Crippen molar-refractivity contribution in [3.8, 4) is 0 Å².